The van der Waals surface area contributed by atoms with Crippen LogP contribution in [0.5, 0.6) is 0 Å². The van der Waals surface area contributed by atoms with Gasteiger partial charge in [-0.15, -0.1) is 11.8 Å². The molecule has 30 heavy (non-hydrogen) atoms. The van der Waals surface area contributed by atoms with Crippen LogP contribution in [0.3, 0.4) is 0 Å². The zero-order valence-electron chi connectivity index (χ0n) is 16.4. The Balaban J connectivity index is 1.56. The molecule has 0 radical (unpaired) electrons. The summed E-state index contributed by atoms with van der Waals surface area (Å²) in [6.45, 7) is 0.720. The van der Waals surface area contributed by atoms with E-state index in [2.05, 4.69) is 0 Å². The summed E-state index contributed by atoms with van der Waals surface area (Å²) in [5.74, 6) is -0.414. The Morgan fingerprint density at radius 3 is 2.50 bits per heavy atom. The molecule has 0 N–H and O–H groups in total. The minimum absolute atomic E-state index is 0.00435. The van der Waals surface area contributed by atoms with Gasteiger partial charge in [0.05, 0.1) is 12.2 Å². The molecule has 5 rings (SSSR count). The average Bonchev–Trinajstić information content (AvgIpc) is 3.47. The molecule has 2 fully saturated rings. The molecule has 1 aliphatic carbocycles. The second-order valence-corrected chi connectivity index (χ2v) is 9.43. The molecule has 2 aromatic rings. The van der Waals surface area contributed by atoms with E-state index in [-0.39, 0.29) is 30.1 Å². The van der Waals surface area contributed by atoms with Crippen LogP contribution >= 0.6 is 11.8 Å². The Hall–Kier alpha value is -2.41. The number of thioether (sulfide) groups is 1. The highest BCUT2D eigenvalue weighted by Crippen LogP contribution is 2.55. The van der Waals surface area contributed by atoms with E-state index in [1.807, 2.05) is 0 Å². The van der Waals surface area contributed by atoms with Gasteiger partial charge in [0.25, 0.3) is 5.91 Å². The van der Waals surface area contributed by atoms with Crippen molar-refractivity contribution in [2.24, 2.45) is 5.92 Å². The Bertz CT molecular complexity index is 1010. The van der Waals surface area contributed by atoms with Crippen molar-refractivity contribution in [3.8, 4) is 0 Å². The molecule has 1 saturated heterocycles. The maximum Gasteiger partial charge on any atom is 0.268 e. The molecule has 2 aliphatic heterocycles. The largest absolute Gasteiger partial charge is 0.315 e. The van der Waals surface area contributed by atoms with Gasteiger partial charge in [0.15, 0.2) is 4.87 Å². The van der Waals surface area contributed by atoms with Crippen molar-refractivity contribution in [3.63, 3.8) is 0 Å². The maximum atomic E-state index is 14.3. The predicted octanol–water partition coefficient (Wildman–Crippen LogP) is 4.43. The fourth-order valence-corrected chi connectivity index (χ4v) is 6.39. The van der Waals surface area contributed by atoms with E-state index in [0.717, 1.165) is 31.2 Å². The second kappa shape index (κ2) is 7.38. The van der Waals surface area contributed by atoms with E-state index in [4.69, 9.17) is 0 Å². The molecule has 0 aromatic heterocycles. The van der Waals surface area contributed by atoms with E-state index < -0.39 is 10.7 Å². The fourth-order valence-electron chi connectivity index (χ4n) is 4.93. The zero-order chi connectivity index (χ0) is 20.9. The van der Waals surface area contributed by atoms with Crippen molar-refractivity contribution >= 4 is 29.3 Å². The number of anilines is 1. The van der Waals surface area contributed by atoms with Crippen LogP contribution in [0.1, 0.15) is 36.8 Å². The highest BCUT2D eigenvalue weighted by atomic mass is 32.2. The molecule has 1 atom stereocenters. The van der Waals surface area contributed by atoms with Crippen LogP contribution in [-0.4, -0.2) is 29.0 Å². The van der Waals surface area contributed by atoms with Gasteiger partial charge in [0, 0.05) is 23.8 Å². The minimum atomic E-state index is -1.21. The molecule has 156 valence electrons. The van der Waals surface area contributed by atoms with Crippen LogP contribution in [0.2, 0.25) is 0 Å². The van der Waals surface area contributed by atoms with E-state index in [1.165, 1.54) is 36.0 Å². The molecular formula is C23H22F2N2O2S. The fraction of sp³-hybridized carbons (Fsp3) is 0.391. The van der Waals surface area contributed by atoms with Crippen molar-refractivity contribution < 1.29 is 18.4 Å². The molecule has 0 bridgehead atoms. The zero-order valence-corrected chi connectivity index (χ0v) is 17.3. The van der Waals surface area contributed by atoms with Crippen molar-refractivity contribution in [1.29, 1.82) is 0 Å². The monoisotopic (exact) mass is 428 g/mol. The van der Waals surface area contributed by atoms with Gasteiger partial charge in [-0.3, -0.25) is 9.59 Å². The van der Waals surface area contributed by atoms with Gasteiger partial charge >= 0.3 is 0 Å². The lowest BCUT2D eigenvalue weighted by atomic mass is 10.0. The number of amides is 2. The van der Waals surface area contributed by atoms with Crippen LogP contribution in [0.15, 0.2) is 42.5 Å². The van der Waals surface area contributed by atoms with Crippen LogP contribution in [0.25, 0.3) is 0 Å². The summed E-state index contributed by atoms with van der Waals surface area (Å²) in [5, 5.41) is 0. The molecule has 2 heterocycles. The standard InChI is InChI=1S/C23H22F2N2O2S/c24-17-7-5-15(6-8-17)14-26-20-10-9-18(25)13-19(20)23(22(26)29)27(11-12-30-23)21(28)16-3-1-2-4-16/h5-10,13,16H,1-4,11-12,14H2/t23-/m0/s1. The van der Waals surface area contributed by atoms with E-state index in [0.29, 0.717) is 23.5 Å². The number of rotatable bonds is 3. The van der Waals surface area contributed by atoms with Crippen LogP contribution in [0.4, 0.5) is 14.5 Å². The van der Waals surface area contributed by atoms with Gasteiger partial charge in [0.1, 0.15) is 11.6 Å². The first kappa shape index (κ1) is 19.5. The Morgan fingerprint density at radius 2 is 1.77 bits per heavy atom. The Kier molecular flexibility index (Phi) is 4.81. The summed E-state index contributed by atoms with van der Waals surface area (Å²) in [6, 6.07) is 10.3. The summed E-state index contributed by atoms with van der Waals surface area (Å²) in [7, 11) is 0. The molecule has 3 aliphatic rings. The number of carbonyl (C=O) groups is 2. The van der Waals surface area contributed by atoms with Gasteiger partial charge in [-0.1, -0.05) is 25.0 Å². The average molecular weight is 429 g/mol. The van der Waals surface area contributed by atoms with E-state index in [1.54, 1.807) is 28.0 Å². The number of halogens is 2. The number of carbonyl (C=O) groups excluding carboxylic acids is 2. The van der Waals surface area contributed by atoms with Gasteiger partial charge < -0.3 is 9.80 Å². The van der Waals surface area contributed by atoms with Gasteiger partial charge in [-0.25, -0.2) is 8.78 Å². The first-order chi connectivity index (χ1) is 14.5. The van der Waals surface area contributed by atoms with Gasteiger partial charge in [-0.2, -0.15) is 0 Å². The smallest absolute Gasteiger partial charge is 0.268 e. The van der Waals surface area contributed by atoms with Gasteiger partial charge in [0.2, 0.25) is 5.91 Å². The van der Waals surface area contributed by atoms with Crippen LogP contribution in [-0.2, 0) is 21.0 Å². The quantitative estimate of drug-likeness (QED) is 0.726. The van der Waals surface area contributed by atoms with Crippen molar-refractivity contribution in [1.82, 2.24) is 4.90 Å². The molecule has 1 saturated carbocycles. The first-order valence-corrected chi connectivity index (χ1v) is 11.3. The first-order valence-electron chi connectivity index (χ1n) is 10.3. The summed E-state index contributed by atoms with van der Waals surface area (Å²) in [5.41, 5.74) is 1.93. The highest BCUT2D eigenvalue weighted by Gasteiger charge is 2.60. The number of hydrogen-bond donors (Lipinski definition) is 0. The molecule has 2 amide bonds. The normalized spacial score (nSPS) is 23.6. The topological polar surface area (TPSA) is 40.6 Å². The summed E-state index contributed by atoms with van der Waals surface area (Å²) in [4.78, 5) is 29.3. The highest BCUT2D eigenvalue weighted by molar-refractivity contribution is 8.01. The number of nitrogens with zero attached hydrogens (tertiary/aromatic N) is 2. The summed E-state index contributed by atoms with van der Waals surface area (Å²) in [6.07, 6.45) is 3.75. The molecular weight excluding hydrogens is 406 g/mol. The maximum absolute atomic E-state index is 14.3. The van der Waals surface area contributed by atoms with Crippen LogP contribution < -0.4 is 4.90 Å². The number of benzene rings is 2. The molecule has 0 unspecified atom stereocenters. The third kappa shape index (κ3) is 2.94. The second-order valence-electron chi connectivity index (χ2n) is 8.14. The summed E-state index contributed by atoms with van der Waals surface area (Å²) < 4.78 is 27.6. The van der Waals surface area contributed by atoms with E-state index in [9.17, 15) is 18.4 Å². The molecule has 1 spiro atoms. The molecule has 7 heteroatoms. The van der Waals surface area contributed by atoms with Crippen molar-refractivity contribution in [2.75, 3.05) is 17.2 Å². The Morgan fingerprint density at radius 1 is 1.07 bits per heavy atom. The number of fused-ring (bicyclic) bond motifs is 2. The lowest BCUT2D eigenvalue weighted by Crippen LogP contribution is -2.51. The molecule has 2 aromatic carbocycles. The van der Waals surface area contributed by atoms with Crippen molar-refractivity contribution in [3.05, 3.63) is 65.2 Å². The van der Waals surface area contributed by atoms with Gasteiger partial charge in [-0.05, 0) is 48.7 Å². The lowest BCUT2D eigenvalue weighted by Gasteiger charge is -2.34. The predicted molar refractivity (Wildman–Crippen MR) is 112 cm³/mol. The Labute approximate surface area is 178 Å². The summed E-state index contributed by atoms with van der Waals surface area (Å²) >= 11 is 1.41. The molecule has 4 nitrogen and oxygen atoms in total. The van der Waals surface area contributed by atoms with Crippen molar-refractivity contribution in [2.45, 2.75) is 37.1 Å². The number of hydrogen-bond acceptors (Lipinski definition) is 3. The SMILES string of the molecule is O=C(C1CCCC1)N1CCS[C@@]12C(=O)N(Cc1ccc(F)cc1)c1ccc(F)cc12. The van der Waals surface area contributed by atoms with E-state index >= 15 is 0 Å². The third-order valence-corrected chi connectivity index (χ3v) is 7.80. The van der Waals surface area contributed by atoms with Crippen LogP contribution in [0, 0.1) is 17.6 Å². The minimum Gasteiger partial charge on any atom is -0.315 e. The third-order valence-electron chi connectivity index (χ3n) is 6.38. The lowest BCUT2D eigenvalue weighted by molar-refractivity contribution is -0.143.